The first kappa shape index (κ1) is 13.1. The van der Waals surface area contributed by atoms with Gasteiger partial charge in [-0.3, -0.25) is 4.79 Å². The summed E-state index contributed by atoms with van der Waals surface area (Å²) in [4.78, 5) is 18.4. The Morgan fingerprint density at radius 2 is 2.20 bits per heavy atom. The van der Waals surface area contributed by atoms with E-state index in [1.807, 2.05) is 6.92 Å². The predicted molar refractivity (Wildman–Crippen MR) is 71.3 cm³/mol. The van der Waals surface area contributed by atoms with Gasteiger partial charge in [0.05, 0.1) is 23.4 Å². The maximum atomic E-state index is 13.8. The molecule has 1 aromatic carbocycles. The van der Waals surface area contributed by atoms with Crippen molar-refractivity contribution >= 4 is 22.9 Å². The highest BCUT2D eigenvalue weighted by molar-refractivity contribution is 7.09. The van der Waals surface area contributed by atoms with Crippen LogP contribution in [0.1, 0.15) is 22.2 Å². The Morgan fingerprint density at radius 3 is 2.85 bits per heavy atom. The first-order valence-electron chi connectivity index (χ1n) is 5.94. The van der Waals surface area contributed by atoms with Crippen LogP contribution in [0.3, 0.4) is 0 Å². The predicted octanol–water partition coefficient (Wildman–Crippen LogP) is 2.28. The summed E-state index contributed by atoms with van der Waals surface area (Å²) in [5.74, 6) is -1.95. The lowest BCUT2D eigenvalue weighted by atomic mass is 10.1. The van der Waals surface area contributed by atoms with Crippen LogP contribution in [0, 0.1) is 18.6 Å². The summed E-state index contributed by atoms with van der Waals surface area (Å²) in [6, 6.07) is 0.797. The fourth-order valence-electron chi connectivity index (χ4n) is 2.30. The monoisotopic (exact) mass is 295 g/mol. The molecular weight excluding hydrogens is 284 g/mol. The molecule has 0 spiro atoms. The van der Waals surface area contributed by atoms with Crippen molar-refractivity contribution in [1.82, 2.24) is 4.98 Å². The molecule has 2 N–H and O–H groups in total. The standard InChI is InChI=1S/C13H11F2N3OS/c1-6-10(20-5-17-6)4-18-9-3-7(14)2-8(15)11(9)12(16)13(18)19/h2-3,5,12H,4,16H2,1H3. The molecule has 20 heavy (non-hydrogen) atoms. The number of aromatic nitrogens is 1. The molecule has 0 bridgehead atoms. The lowest BCUT2D eigenvalue weighted by Gasteiger charge is -2.17. The summed E-state index contributed by atoms with van der Waals surface area (Å²) in [5, 5.41) is 0. The van der Waals surface area contributed by atoms with E-state index >= 15 is 0 Å². The van der Waals surface area contributed by atoms with Gasteiger partial charge in [0.2, 0.25) is 5.91 Å². The topological polar surface area (TPSA) is 59.2 Å². The molecule has 1 unspecified atom stereocenters. The van der Waals surface area contributed by atoms with Gasteiger partial charge >= 0.3 is 0 Å². The minimum absolute atomic E-state index is 0.0542. The van der Waals surface area contributed by atoms with E-state index in [0.717, 1.165) is 22.7 Å². The van der Waals surface area contributed by atoms with E-state index in [4.69, 9.17) is 5.73 Å². The normalized spacial score (nSPS) is 17.7. The van der Waals surface area contributed by atoms with Gasteiger partial charge in [0.25, 0.3) is 0 Å². The molecule has 2 heterocycles. The van der Waals surface area contributed by atoms with Gasteiger partial charge in [0.1, 0.15) is 17.7 Å². The summed E-state index contributed by atoms with van der Waals surface area (Å²) in [7, 11) is 0. The number of carbonyl (C=O) groups excluding carboxylic acids is 1. The quantitative estimate of drug-likeness (QED) is 0.924. The Bertz CT molecular complexity index is 701. The van der Waals surface area contributed by atoms with Crippen molar-refractivity contribution in [3.8, 4) is 0 Å². The van der Waals surface area contributed by atoms with Gasteiger partial charge in [-0.15, -0.1) is 11.3 Å². The number of anilines is 1. The lowest BCUT2D eigenvalue weighted by molar-refractivity contribution is -0.119. The number of aryl methyl sites for hydroxylation is 1. The first-order chi connectivity index (χ1) is 9.49. The molecule has 4 nitrogen and oxygen atoms in total. The van der Waals surface area contributed by atoms with Gasteiger partial charge < -0.3 is 10.6 Å². The van der Waals surface area contributed by atoms with E-state index in [2.05, 4.69) is 4.98 Å². The van der Waals surface area contributed by atoms with Crippen molar-refractivity contribution in [3.05, 3.63) is 45.4 Å². The third kappa shape index (κ3) is 1.90. The zero-order chi connectivity index (χ0) is 14.4. The Kier molecular flexibility index (Phi) is 3.02. The number of nitrogens with two attached hydrogens (primary N) is 1. The van der Waals surface area contributed by atoms with Gasteiger partial charge in [-0.1, -0.05) is 0 Å². The zero-order valence-electron chi connectivity index (χ0n) is 10.6. The van der Waals surface area contributed by atoms with Gasteiger partial charge in [-0.05, 0) is 13.0 Å². The second-order valence-electron chi connectivity index (χ2n) is 4.58. The van der Waals surface area contributed by atoms with Crippen LogP contribution >= 0.6 is 11.3 Å². The summed E-state index contributed by atoms with van der Waals surface area (Å²) in [6.45, 7) is 2.04. The van der Waals surface area contributed by atoms with Crippen molar-refractivity contribution in [2.24, 2.45) is 5.73 Å². The van der Waals surface area contributed by atoms with E-state index in [1.54, 1.807) is 5.51 Å². The summed E-state index contributed by atoms with van der Waals surface area (Å²) < 4.78 is 27.2. The molecule has 104 valence electrons. The highest BCUT2D eigenvalue weighted by Gasteiger charge is 2.38. The number of hydrogen-bond donors (Lipinski definition) is 1. The Morgan fingerprint density at radius 1 is 1.45 bits per heavy atom. The molecule has 1 aliphatic heterocycles. The van der Waals surface area contributed by atoms with Crippen molar-refractivity contribution in [1.29, 1.82) is 0 Å². The number of hydrogen-bond acceptors (Lipinski definition) is 4. The van der Waals surface area contributed by atoms with E-state index in [-0.39, 0.29) is 17.8 Å². The highest BCUT2D eigenvalue weighted by Crippen LogP contribution is 2.38. The van der Waals surface area contributed by atoms with Gasteiger partial charge in [0, 0.05) is 16.5 Å². The second kappa shape index (κ2) is 4.60. The number of amides is 1. The van der Waals surface area contributed by atoms with Crippen LogP contribution in [0.2, 0.25) is 0 Å². The van der Waals surface area contributed by atoms with Gasteiger partial charge in [-0.2, -0.15) is 0 Å². The molecule has 0 fully saturated rings. The number of halogens is 2. The molecule has 1 atom stereocenters. The largest absolute Gasteiger partial charge is 0.316 e. The summed E-state index contributed by atoms with van der Waals surface area (Å²) in [5.41, 5.74) is 8.45. The molecule has 0 saturated carbocycles. The van der Waals surface area contributed by atoms with E-state index < -0.39 is 23.6 Å². The van der Waals surface area contributed by atoms with Crippen LogP contribution in [0.15, 0.2) is 17.6 Å². The van der Waals surface area contributed by atoms with E-state index in [9.17, 15) is 13.6 Å². The molecule has 0 saturated heterocycles. The van der Waals surface area contributed by atoms with Crippen molar-refractivity contribution < 1.29 is 13.6 Å². The molecular formula is C13H11F2N3OS. The van der Waals surface area contributed by atoms with Crippen LogP contribution in [0.4, 0.5) is 14.5 Å². The third-order valence-electron chi connectivity index (χ3n) is 3.35. The maximum Gasteiger partial charge on any atom is 0.249 e. The second-order valence-corrected chi connectivity index (χ2v) is 5.52. The molecule has 2 aromatic rings. The molecule has 0 aliphatic carbocycles. The molecule has 3 rings (SSSR count). The molecule has 1 amide bonds. The minimum atomic E-state index is -1.08. The maximum absolute atomic E-state index is 13.8. The van der Waals surface area contributed by atoms with E-state index in [0.29, 0.717) is 0 Å². The fraction of sp³-hybridized carbons (Fsp3) is 0.231. The number of thiazole rings is 1. The van der Waals surface area contributed by atoms with E-state index in [1.165, 1.54) is 16.2 Å². The average Bonchev–Trinajstić information content (AvgIpc) is 2.87. The van der Waals surface area contributed by atoms with Gasteiger partial charge in [-0.25, -0.2) is 13.8 Å². The molecule has 0 radical (unpaired) electrons. The zero-order valence-corrected chi connectivity index (χ0v) is 11.4. The van der Waals surface area contributed by atoms with Crippen LogP contribution in [-0.2, 0) is 11.3 Å². The number of nitrogens with zero attached hydrogens (tertiary/aromatic N) is 2. The van der Waals surface area contributed by atoms with Crippen molar-refractivity contribution in [2.45, 2.75) is 19.5 Å². The molecule has 7 heteroatoms. The SMILES string of the molecule is Cc1ncsc1CN1C(=O)C(N)c2c(F)cc(F)cc21. The number of carbonyl (C=O) groups is 1. The minimum Gasteiger partial charge on any atom is -0.316 e. The van der Waals surface area contributed by atoms with Gasteiger partial charge in [0.15, 0.2) is 0 Å². The average molecular weight is 295 g/mol. The van der Waals surface area contributed by atoms with Crippen molar-refractivity contribution in [2.75, 3.05) is 4.90 Å². The highest BCUT2D eigenvalue weighted by atomic mass is 32.1. The Labute approximate surface area is 117 Å². The number of benzene rings is 1. The third-order valence-corrected chi connectivity index (χ3v) is 4.27. The Balaban J connectivity index is 2.06. The van der Waals surface area contributed by atoms with Crippen LogP contribution in [-0.4, -0.2) is 10.9 Å². The Hall–Kier alpha value is -1.86. The number of fused-ring (bicyclic) bond motifs is 1. The smallest absolute Gasteiger partial charge is 0.249 e. The number of rotatable bonds is 2. The molecule has 1 aliphatic rings. The first-order valence-corrected chi connectivity index (χ1v) is 6.82. The molecule has 1 aromatic heterocycles. The van der Waals surface area contributed by atoms with Crippen LogP contribution in [0.25, 0.3) is 0 Å². The van der Waals surface area contributed by atoms with Crippen LogP contribution in [0.5, 0.6) is 0 Å². The summed E-state index contributed by atoms with van der Waals surface area (Å²) in [6.07, 6.45) is 0. The lowest BCUT2D eigenvalue weighted by Crippen LogP contribution is -2.31. The fourth-order valence-corrected chi connectivity index (χ4v) is 3.06. The van der Waals surface area contributed by atoms with Crippen LogP contribution < -0.4 is 10.6 Å². The summed E-state index contributed by atoms with van der Waals surface area (Å²) >= 11 is 1.39. The van der Waals surface area contributed by atoms with Crippen molar-refractivity contribution in [3.63, 3.8) is 0 Å².